The maximum Gasteiger partial charge on any atom is 0.276 e. The number of hydrogen-bond donors (Lipinski definition) is 1. The quantitative estimate of drug-likeness (QED) is 0.924. The summed E-state index contributed by atoms with van der Waals surface area (Å²) < 4.78 is 0. The number of oxime groups is 1. The molecule has 2 aromatic rings. The van der Waals surface area contributed by atoms with Gasteiger partial charge in [0.15, 0.2) is 6.10 Å². The van der Waals surface area contributed by atoms with E-state index in [4.69, 9.17) is 4.84 Å². The van der Waals surface area contributed by atoms with Crippen LogP contribution in [-0.4, -0.2) is 24.1 Å². The van der Waals surface area contributed by atoms with Crippen LogP contribution in [0.25, 0.3) is 0 Å². The first-order chi connectivity index (χ1) is 11.7. The fourth-order valence-corrected chi connectivity index (χ4v) is 2.92. The summed E-state index contributed by atoms with van der Waals surface area (Å²) >= 11 is 0. The zero-order chi connectivity index (χ0) is 16.5. The number of carbonyl (C=O) groups is 2. The maximum atomic E-state index is 12.8. The third-order valence-electron chi connectivity index (χ3n) is 4.10. The van der Waals surface area contributed by atoms with Crippen molar-refractivity contribution in [3.63, 3.8) is 0 Å². The highest BCUT2D eigenvalue weighted by atomic mass is 16.6. The van der Waals surface area contributed by atoms with E-state index in [1.54, 1.807) is 12.1 Å². The van der Waals surface area contributed by atoms with Crippen molar-refractivity contribution >= 4 is 28.9 Å². The molecular weight excluding hydrogens is 306 g/mol. The number of nitrogens with zero attached hydrogens (tertiary/aromatic N) is 2. The number of para-hydroxylation sites is 2. The number of hydrogen-bond acceptors (Lipinski definition) is 4. The van der Waals surface area contributed by atoms with Crippen molar-refractivity contribution in [3.05, 3.63) is 60.2 Å². The lowest BCUT2D eigenvalue weighted by Crippen LogP contribution is -2.45. The van der Waals surface area contributed by atoms with Crippen LogP contribution >= 0.6 is 0 Å². The van der Waals surface area contributed by atoms with Crippen LogP contribution in [0.5, 0.6) is 0 Å². The first-order valence-corrected chi connectivity index (χ1v) is 7.71. The Morgan fingerprint density at radius 1 is 1.12 bits per heavy atom. The van der Waals surface area contributed by atoms with E-state index in [2.05, 4.69) is 10.5 Å². The molecular formula is C18H15N3O3. The molecule has 24 heavy (non-hydrogen) atoms. The van der Waals surface area contributed by atoms with Crippen molar-refractivity contribution in [2.24, 2.45) is 5.16 Å². The van der Waals surface area contributed by atoms with Gasteiger partial charge in [0.2, 0.25) is 5.91 Å². The summed E-state index contributed by atoms with van der Waals surface area (Å²) in [5.74, 6) is -0.517. The molecule has 0 aromatic heterocycles. The molecule has 0 unspecified atom stereocenters. The molecule has 0 spiro atoms. The monoisotopic (exact) mass is 321 g/mol. The van der Waals surface area contributed by atoms with E-state index in [1.165, 1.54) is 4.90 Å². The minimum absolute atomic E-state index is 0.0229. The lowest BCUT2D eigenvalue weighted by Gasteiger charge is -2.28. The summed E-state index contributed by atoms with van der Waals surface area (Å²) in [5, 5.41) is 6.73. The molecule has 2 heterocycles. The van der Waals surface area contributed by atoms with E-state index < -0.39 is 0 Å². The number of anilines is 2. The first kappa shape index (κ1) is 14.4. The Hall–Kier alpha value is -3.15. The van der Waals surface area contributed by atoms with Gasteiger partial charge in [-0.2, -0.15) is 0 Å². The van der Waals surface area contributed by atoms with Crippen LogP contribution in [0.4, 0.5) is 11.4 Å². The SMILES string of the molecule is O=C1CN(C(=O)C2=NO[C@H](c3ccccc3)C2)c2ccccc2N1. The van der Waals surface area contributed by atoms with E-state index in [-0.39, 0.29) is 24.5 Å². The van der Waals surface area contributed by atoms with Gasteiger partial charge in [-0.05, 0) is 17.7 Å². The lowest BCUT2D eigenvalue weighted by molar-refractivity contribution is -0.118. The molecule has 0 aliphatic carbocycles. The molecule has 6 nitrogen and oxygen atoms in total. The van der Waals surface area contributed by atoms with Crippen LogP contribution in [0.15, 0.2) is 59.8 Å². The van der Waals surface area contributed by atoms with Gasteiger partial charge in [0, 0.05) is 6.42 Å². The van der Waals surface area contributed by atoms with Crippen LogP contribution in [0.2, 0.25) is 0 Å². The van der Waals surface area contributed by atoms with Crippen LogP contribution in [0, 0.1) is 0 Å². The Labute approximate surface area is 138 Å². The molecule has 1 N–H and O–H groups in total. The third kappa shape index (κ3) is 2.52. The first-order valence-electron chi connectivity index (χ1n) is 7.71. The van der Waals surface area contributed by atoms with Gasteiger partial charge in [-0.25, -0.2) is 0 Å². The van der Waals surface area contributed by atoms with Crippen molar-refractivity contribution in [1.82, 2.24) is 0 Å². The fraction of sp³-hybridized carbons (Fsp3) is 0.167. The lowest BCUT2D eigenvalue weighted by atomic mass is 10.0. The Morgan fingerprint density at radius 2 is 1.88 bits per heavy atom. The van der Waals surface area contributed by atoms with Crippen molar-refractivity contribution < 1.29 is 14.4 Å². The van der Waals surface area contributed by atoms with Crippen molar-refractivity contribution in [2.75, 3.05) is 16.8 Å². The van der Waals surface area contributed by atoms with Crippen LogP contribution < -0.4 is 10.2 Å². The molecule has 1 atom stereocenters. The minimum atomic E-state index is -0.296. The molecule has 0 bridgehead atoms. The Morgan fingerprint density at radius 3 is 2.71 bits per heavy atom. The molecule has 0 radical (unpaired) electrons. The largest absolute Gasteiger partial charge is 0.387 e. The molecule has 120 valence electrons. The van der Waals surface area contributed by atoms with E-state index in [0.717, 1.165) is 5.56 Å². The van der Waals surface area contributed by atoms with Gasteiger partial charge in [0.1, 0.15) is 12.3 Å². The molecule has 2 aromatic carbocycles. The zero-order valence-electron chi connectivity index (χ0n) is 12.8. The van der Waals surface area contributed by atoms with Crippen molar-refractivity contribution in [2.45, 2.75) is 12.5 Å². The summed E-state index contributed by atoms with van der Waals surface area (Å²) in [7, 11) is 0. The van der Waals surface area contributed by atoms with E-state index in [0.29, 0.717) is 23.5 Å². The number of carbonyl (C=O) groups excluding carboxylic acids is 2. The Kier molecular flexibility index (Phi) is 3.49. The molecule has 0 saturated heterocycles. The molecule has 2 aliphatic heterocycles. The average molecular weight is 321 g/mol. The van der Waals surface area contributed by atoms with E-state index >= 15 is 0 Å². The fourth-order valence-electron chi connectivity index (χ4n) is 2.92. The van der Waals surface area contributed by atoms with Gasteiger partial charge >= 0.3 is 0 Å². The predicted octanol–water partition coefficient (Wildman–Crippen LogP) is 2.49. The summed E-state index contributed by atoms with van der Waals surface area (Å²) in [6, 6.07) is 16.9. The molecule has 2 amide bonds. The van der Waals surface area contributed by atoms with Crippen molar-refractivity contribution in [3.8, 4) is 0 Å². The van der Waals surface area contributed by atoms with E-state index in [9.17, 15) is 9.59 Å². The van der Waals surface area contributed by atoms with Gasteiger partial charge in [-0.1, -0.05) is 47.6 Å². The molecule has 2 aliphatic rings. The number of rotatable bonds is 2. The molecule has 0 fully saturated rings. The zero-order valence-corrected chi connectivity index (χ0v) is 12.8. The molecule has 6 heteroatoms. The number of fused-ring (bicyclic) bond motifs is 1. The van der Waals surface area contributed by atoms with E-state index in [1.807, 2.05) is 42.5 Å². The standard InChI is InChI=1S/C18H15N3O3/c22-17-11-21(15-9-5-4-8-13(15)19-17)18(23)14-10-16(24-20-14)12-6-2-1-3-7-12/h1-9,16H,10-11H2,(H,19,22)/t16-/m0/s1. The molecule has 4 rings (SSSR count). The topological polar surface area (TPSA) is 71.0 Å². The summed E-state index contributed by atoms with van der Waals surface area (Å²) in [6.45, 7) is -0.0229. The second kappa shape index (κ2) is 5.81. The summed E-state index contributed by atoms with van der Waals surface area (Å²) in [5.41, 5.74) is 2.60. The highest BCUT2D eigenvalue weighted by molar-refractivity contribution is 6.45. The van der Waals surface area contributed by atoms with Crippen LogP contribution in [0.1, 0.15) is 18.1 Å². The van der Waals surface area contributed by atoms with Gasteiger partial charge in [0.25, 0.3) is 5.91 Å². The third-order valence-corrected chi connectivity index (χ3v) is 4.10. The smallest absolute Gasteiger partial charge is 0.276 e. The van der Waals surface area contributed by atoms with Crippen LogP contribution in [0.3, 0.4) is 0 Å². The maximum absolute atomic E-state index is 12.8. The van der Waals surface area contributed by atoms with Gasteiger partial charge < -0.3 is 10.2 Å². The normalized spacial score (nSPS) is 19.2. The Bertz CT molecular complexity index is 832. The molecule has 0 saturated carbocycles. The number of nitrogens with one attached hydrogen (secondary N) is 1. The highest BCUT2D eigenvalue weighted by Gasteiger charge is 2.34. The number of benzene rings is 2. The number of amides is 2. The van der Waals surface area contributed by atoms with Gasteiger partial charge in [0.05, 0.1) is 11.4 Å². The second-order valence-corrected chi connectivity index (χ2v) is 5.70. The average Bonchev–Trinajstić information content (AvgIpc) is 3.11. The van der Waals surface area contributed by atoms with Gasteiger partial charge in [-0.15, -0.1) is 0 Å². The van der Waals surface area contributed by atoms with Crippen LogP contribution in [-0.2, 0) is 14.4 Å². The minimum Gasteiger partial charge on any atom is -0.387 e. The highest BCUT2D eigenvalue weighted by Crippen LogP contribution is 2.32. The summed E-state index contributed by atoms with van der Waals surface area (Å²) in [6.07, 6.45) is 0.127. The Balaban J connectivity index is 1.56. The predicted molar refractivity (Wildman–Crippen MR) is 89.7 cm³/mol. The van der Waals surface area contributed by atoms with Gasteiger partial charge in [-0.3, -0.25) is 14.5 Å². The summed E-state index contributed by atoms with van der Waals surface area (Å²) in [4.78, 5) is 31.6. The van der Waals surface area contributed by atoms with Crippen molar-refractivity contribution in [1.29, 1.82) is 0 Å². The second-order valence-electron chi connectivity index (χ2n) is 5.70.